The van der Waals surface area contributed by atoms with Crippen LogP contribution in [0.5, 0.6) is 0 Å². The van der Waals surface area contributed by atoms with E-state index in [1.165, 1.54) is 0 Å². The largest absolute Gasteiger partial charge is 0.0687 e. The molecule has 0 atom stereocenters. The second-order valence-electron chi connectivity index (χ2n) is 3.15. The van der Waals surface area contributed by atoms with Gasteiger partial charge in [-0.2, -0.15) is 0 Å². The predicted molar refractivity (Wildman–Crippen MR) is 103 cm³/mol. The van der Waals surface area contributed by atoms with Gasteiger partial charge in [-0.25, -0.2) is 0 Å². The number of hydrogen-bond acceptors (Lipinski definition) is 1. The maximum atomic E-state index is 4.38. The van der Waals surface area contributed by atoms with Gasteiger partial charge in [-0.15, -0.1) is 0 Å². The molecule has 1 heteroatoms. The Morgan fingerprint density at radius 3 is 0.667 bits per heavy atom. The Bertz CT molecular complexity index is 1440. The molecule has 27 heavy (non-hydrogen) atoms. The van der Waals surface area contributed by atoms with Crippen LogP contribution in [0.4, 0.5) is 0 Å². The number of thiocarbonyl (C=S) groups is 1. The fourth-order valence-electron chi connectivity index (χ4n) is 0.726. The zero-order valence-electron chi connectivity index (χ0n) is 13.6. The molecule has 0 spiro atoms. The van der Waals surface area contributed by atoms with Crippen molar-refractivity contribution in [1.29, 1.82) is 0 Å². The molecule has 112 valence electrons. The summed E-state index contributed by atoms with van der Waals surface area (Å²) in [5.74, 6) is 0. The van der Waals surface area contributed by atoms with E-state index in [4.69, 9.17) is 0 Å². The van der Waals surface area contributed by atoms with Crippen molar-refractivity contribution in [3.8, 4) is 0 Å². The zero-order valence-corrected chi connectivity index (χ0v) is 14.4. The van der Waals surface area contributed by atoms with Crippen LogP contribution in [0, 0.1) is 0 Å². The average molecular weight is 346 g/mol. The summed E-state index contributed by atoms with van der Waals surface area (Å²) in [4.78, 5) is 0. The standard InChI is InChI=1S/C26H2S/c1-2-3-4-5-6-7-8-9-10-11-12-13-14-15-16-17-18-19-20-21-22-23-24-25-26-27/h1H2. The number of hydrogen-bond donors (Lipinski definition) is 0. The molecule has 0 saturated carbocycles. The van der Waals surface area contributed by atoms with E-state index in [0.717, 1.165) is 0 Å². The molecular weight excluding hydrogens is 344 g/mol. The van der Waals surface area contributed by atoms with Gasteiger partial charge in [-0.1, -0.05) is 5.73 Å². The first-order valence-electron chi connectivity index (χ1n) is 6.56. The Balaban J connectivity index is 5.91. The molecule has 0 aliphatic heterocycles. The quantitative estimate of drug-likeness (QED) is 0.460. The summed E-state index contributed by atoms with van der Waals surface area (Å²) in [7, 11) is 0. The van der Waals surface area contributed by atoms with E-state index in [-0.39, 0.29) is 0 Å². The Hall–Kier alpha value is -5.41. The molecule has 0 bridgehead atoms. The van der Waals surface area contributed by atoms with Gasteiger partial charge in [0.15, 0.2) is 0 Å². The molecule has 0 aliphatic rings. The molecule has 0 aromatic heterocycles. The molecule has 0 N–H and O–H groups in total. The molecule has 0 heterocycles. The van der Waals surface area contributed by atoms with E-state index in [1.54, 1.807) is 0 Å². The predicted octanol–water partition coefficient (Wildman–Crippen LogP) is 4.49. The highest BCUT2D eigenvalue weighted by Gasteiger charge is 1.43. The van der Waals surface area contributed by atoms with Gasteiger partial charge < -0.3 is 0 Å². The summed E-state index contributed by atoms with van der Waals surface area (Å²) in [6.45, 7) is 3.30. The Morgan fingerprint density at radius 2 is 0.481 bits per heavy atom. The lowest BCUT2D eigenvalue weighted by Crippen LogP contribution is -1.25. The minimum atomic E-state index is 2.21. The average Bonchev–Trinajstić information content (AvgIpc) is 2.68. The van der Waals surface area contributed by atoms with Crippen LogP contribution in [0.2, 0.25) is 0 Å². The molecule has 0 aromatic rings. The molecule has 0 radical (unpaired) electrons. The molecule has 0 unspecified atom stereocenters. The van der Waals surface area contributed by atoms with Crippen LogP contribution in [-0.4, -0.2) is 5.02 Å². The van der Waals surface area contributed by atoms with E-state index in [2.05, 4.69) is 161 Å². The van der Waals surface area contributed by atoms with Crippen molar-refractivity contribution in [2.75, 3.05) is 0 Å². The fourth-order valence-corrected chi connectivity index (χ4v) is 0.777. The highest BCUT2D eigenvalue weighted by molar-refractivity contribution is 7.78. The maximum Gasteiger partial charge on any atom is 0.0148 e. The lowest BCUT2D eigenvalue weighted by Gasteiger charge is -1.40. The third-order valence-corrected chi connectivity index (χ3v) is 1.62. The van der Waals surface area contributed by atoms with Gasteiger partial charge in [-0.3, -0.25) is 0 Å². The molecular formula is C26H2S. The second kappa shape index (κ2) is 20.6. The van der Waals surface area contributed by atoms with Crippen LogP contribution >= 0.6 is 12.2 Å². The van der Waals surface area contributed by atoms with Gasteiger partial charge in [0, 0.05) is 91.0 Å². The van der Waals surface area contributed by atoms with Crippen molar-refractivity contribution in [1.82, 2.24) is 0 Å². The first-order valence-corrected chi connectivity index (χ1v) is 6.97. The normalized spacial score (nSPS) is 3.85. The zero-order chi connectivity index (χ0) is 19.7. The van der Waals surface area contributed by atoms with Gasteiger partial charge >= 0.3 is 0 Å². The molecule has 0 amide bonds. The Morgan fingerprint density at radius 1 is 0.296 bits per heavy atom. The molecule has 0 nitrogen and oxygen atoms in total. The van der Waals surface area contributed by atoms with Crippen molar-refractivity contribution >= 4 is 17.2 Å². The summed E-state index contributed by atoms with van der Waals surface area (Å²) in [6.07, 6.45) is 0. The van der Waals surface area contributed by atoms with E-state index < -0.39 is 0 Å². The third kappa shape index (κ3) is 20.6. The van der Waals surface area contributed by atoms with Gasteiger partial charge in [0.1, 0.15) is 0 Å². The first kappa shape index (κ1) is 21.6. The molecule has 0 aromatic carbocycles. The van der Waals surface area contributed by atoms with Crippen molar-refractivity contribution in [2.45, 2.75) is 0 Å². The fraction of sp³-hybridized carbons (Fsp3) is 0. The summed E-state index contributed by atoms with van der Waals surface area (Å²) in [5.41, 5.74) is 59.3. The van der Waals surface area contributed by atoms with Gasteiger partial charge in [0.2, 0.25) is 0 Å². The van der Waals surface area contributed by atoms with Gasteiger partial charge in [0.25, 0.3) is 0 Å². The van der Waals surface area contributed by atoms with Crippen LogP contribution in [0.25, 0.3) is 0 Å². The third-order valence-electron chi connectivity index (χ3n) is 1.51. The SMILES string of the molecule is C=C=C=C=C=C=C=C=C=C=C=C=C=C=C=C=C=C=C=C=C=C=C=C=C=C=S. The maximum absolute atomic E-state index is 4.38. The second-order valence-corrected chi connectivity index (χ2v) is 3.36. The van der Waals surface area contributed by atoms with Crippen molar-refractivity contribution in [3.05, 3.63) is 144 Å². The van der Waals surface area contributed by atoms with Crippen LogP contribution in [-0.2, 0) is 0 Å². The Kier molecular flexibility index (Phi) is 16.5. The van der Waals surface area contributed by atoms with Crippen molar-refractivity contribution in [2.24, 2.45) is 0 Å². The van der Waals surface area contributed by atoms with E-state index in [9.17, 15) is 0 Å². The summed E-state index contributed by atoms with van der Waals surface area (Å²) >= 11 is 4.38. The van der Waals surface area contributed by atoms with Crippen LogP contribution in [0.1, 0.15) is 0 Å². The smallest absolute Gasteiger partial charge is 0.0148 e. The van der Waals surface area contributed by atoms with Crippen LogP contribution in [0.3, 0.4) is 0 Å². The molecule has 0 saturated heterocycles. The highest BCUT2D eigenvalue weighted by Crippen LogP contribution is 1.58. The van der Waals surface area contributed by atoms with Crippen LogP contribution < -0.4 is 0 Å². The van der Waals surface area contributed by atoms with Crippen LogP contribution in [0.15, 0.2) is 144 Å². The first-order chi connectivity index (χ1) is 13.4. The minimum absolute atomic E-state index is 2.21. The van der Waals surface area contributed by atoms with E-state index in [0.29, 0.717) is 0 Å². The summed E-state index contributed by atoms with van der Waals surface area (Å²) in [6, 6.07) is 0. The van der Waals surface area contributed by atoms with Gasteiger partial charge in [-0.05, 0) is 64.6 Å². The lowest BCUT2D eigenvalue weighted by atomic mass is 10.6. The summed E-state index contributed by atoms with van der Waals surface area (Å²) in [5, 5.41) is 2.21. The Labute approximate surface area is 161 Å². The van der Waals surface area contributed by atoms with E-state index >= 15 is 0 Å². The molecule has 0 aliphatic carbocycles. The number of rotatable bonds is 0. The van der Waals surface area contributed by atoms with Crippen molar-refractivity contribution in [3.63, 3.8) is 0 Å². The van der Waals surface area contributed by atoms with Crippen molar-refractivity contribution < 1.29 is 0 Å². The topological polar surface area (TPSA) is 0 Å². The highest BCUT2D eigenvalue weighted by atomic mass is 32.1. The molecule has 0 rings (SSSR count). The monoisotopic (exact) mass is 346 g/mol. The summed E-state index contributed by atoms with van der Waals surface area (Å²) < 4.78 is 0. The minimum Gasteiger partial charge on any atom is -0.0687 e. The molecule has 0 fully saturated rings. The van der Waals surface area contributed by atoms with Gasteiger partial charge in [0.05, 0.1) is 0 Å². The lowest BCUT2D eigenvalue weighted by molar-refractivity contribution is 2.11. The van der Waals surface area contributed by atoms with E-state index in [1.807, 2.05) is 0 Å².